The van der Waals surface area contributed by atoms with Gasteiger partial charge in [0.25, 0.3) is 0 Å². The molecule has 0 aliphatic rings. The van der Waals surface area contributed by atoms with Crippen LogP contribution in [-0.4, -0.2) is 16.3 Å². The summed E-state index contributed by atoms with van der Waals surface area (Å²) in [4.78, 5) is 0. The molecule has 3 nitrogen and oxygen atoms in total. The zero-order valence-corrected chi connectivity index (χ0v) is 9.40. The number of aromatic nitrogens is 2. The van der Waals surface area contributed by atoms with E-state index in [0.29, 0.717) is 6.54 Å². The third kappa shape index (κ3) is 1.93. The number of rotatable bonds is 4. The van der Waals surface area contributed by atoms with Crippen LogP contribution in [0.15, 0.2) is 24.3 Å². The fourth-order valence-electron chi connectivity index (χ4n) is 1.82. The van der Waals surface area contributed by atoms with E-state index in [-0.39, 0.29) is 0 Å². The van der Waals surface area contributed by atoms with Gasteiger partial charge in [0.05, 0.1) is 17.8 Å². The van der Waals surface area contributed by atoms with Crippen molar-refractivity contribution in [1.29, 1.82) is 0 Å². The smallest absolute Gasteiger partial charge is 0.0841 e. The lowest BCUT2D eigenvalue weighted by Crippen LogP contribution is -2.13. The van der Waals surface area contributed by atoms with Crippen molar-refractivity contribution in [2.24, 2.45) is 0 Å². The van der Waals surface area contributed by atoms with Gasteiger partial charge in [-0.25, -0.2) is 0 Å². The molecule has 0 spiro atoms. The molecule has 82 valence electrons. The molecular formula is C13H15N3. The Morgan fingerprint density at radius 2 is 2.25 bits per heavy atom. The molecule has 0 radical (unpaired) electrons. The Morgan fingerprint density at radius 3 is 3.00 bits per heavy atom. The van der Waals surface area contributed by atoms with Crippen molar-refractivity contribution in [1.82, 2.24) is 15.1 Å². The number of benzene rings is 1. The molecule has 0 atom stereocenters. The number of fused-ring (bicyclic) bond motifs is 1. The number of terminal acetylenes is 1. The van der Waals surface area contributed by atoms with Crippen LogP contribution in [0.3, 0.4) is 0 Å². The Hall–Kier alpha value is -1.79. The maximum atomic E-state index is 5.20. The Kier molecular flexibility index (Phi) is 3.23. The molecular weight excluding hydrogens is 198 g/mol. The summed E-state index contributed by atoms with van der Waals surface area (Å²) in [5, 5.41) is 8.94. The van der Waals surface area contributed by atoms with Gasteiger partial charge in [0.2, 0.25) is 0 Å². The van der Waals surface area contributed by atoms with Crippen LogP contribution in [0.25, 0.3) is 10.9 Å². The van der Waals surface area contributed by atoms with E-state index in [1.165, 1.54) is 10.9 Å². The zero-order chi connectivity index (χ0) is 11.4. The van der Waals surface area contributed by atoms with Crippen LogP contribution in [0.1, 0.15) is 12.6 Å². The molecule has 0 unspecified atom stereocenters. The minimum Gasteiger partial charge on any atom is -0.300 e. The molecule has 1 aromatic carbocycles. The molecule has 16 heavy (non-hydrogen) atoms. The highest BCUT2D eigenvalue weighted by Crippen LogP contribution is 2.17. The fraction of sp³-hybridized carbons (Fsp3) is 0.308. The summed E-state index contributed by atoms with van der Waals surface area (Å²) in [6.07, 6.45) is 5.20. The number of nitrogens with one attached hydrogen (secondary N) is 1. The van der Waals surface area contributed by atoms with Gasteiger partial charge in [-0.05, 0) is 13.0 Å². The Morgan fingerprint density at radius 1 is 1.44 bits per heavy atom. The van der Waals surface area contributed by atoms with E-state index in [9.17, 15) is 0 Å². The average molecular weight is 213 g/mol. The van der Waals surface area contributed by atoms with Crippen molar-refractivity contribution in [3.05, 3.63) is 30.0 Å². The number of hydrogen-bond acceptors (Lipinski definition) is 2. The first-order valence-electron chi connectivity index (χ1n) is 5.45. The van der Waals surface area contributed by atoms with Crippen LogP contribution < -0.4 is 5.32 Å². The number of nitrogens with zero attached hydrogens (tertiary/aromatic N) is 2. The summed E-state index contributed by atoms with van der Waals surface area (Å²) in [5.41, 5.74) is 2.25. The summed E-state index contributed by atoms with van der Waals surface area (Å²) < 4.78 is 2.02. The van der Waals surface area contributed by atoms with Crippen LogP contribution in [-0.2, 0) is 13.1 Å². The molecule has 0 saturated carbocycles. The molecule has 2 aromatic rings. The van der Waals surface area contributed by atoms with Gasteiger partial charge in [-0.2, -0.15) is 5.10 Å². The predicted octanol–water partition coefficient (Wildman–Crippen LogP) is 1.78. The van der Waals surface area contributed by atoms with Crippen LogP contribution >= 0.6 is 0 Å². The van der Waals surface area contributed by atoms with Gasteiger partial charge in [0, 0.05) is 18.5 Å². The summed E-state index contributed by atoms with van der Waals surface area (Å²) in [5.74, 6) is 2.56. The predicted molar refractivity (Wildman–Crippen MR) is 65.9 cm³/mol. The van der Waals surface area contributed by atoms with Crippen molar-refractivity contribution < 1.29 is 0 Å². The van der Waals surface area contributed by atoms with Crippen LogP contribution in [0, 0.1) is 12.3 Å². The first-order valence-corrected chi connectivity index (χ1v) is 5.45. The van der Waals surface area contributed by atoms with E-state index in [0.717, 1.165) is 18.8 Å². The quantitative estimate of drug-likeness (QED) is 0.619. The van der Waals surface area contributed by atoms with Crippen molar-refractivity contribution in [3.8, 4) is 12.3 Å². The Bertz CT molecular complexity index is 519. The molecule has 0 fully saturated rings. The van der Waals surface area contributed by atoms with E-state index in [1.807, 2.05) is 16.8 Å². The highest BCUT2D eigenvalue weighted by atomic mass is 15.3. The summed E-state index contributed by atoms with van der Waals surface area (Å²) in [6, 6.07) is 8.27. The van der Waals surface area contributed by atoms with E-state index in [4.69, 9.17) is 6.42 Å². The summed E-state index contributed by atoms with van der Waals surface area (Å²) in [6.45, 7) is 4.28. The lowest BCUT2D eigenvalue weighted by atomic mass is 10.2. The highest BCUT2D eigenvalue weighted by molar-refractivity contribution is 5.81. The standard InChI is InChI=1S/C13H15N3/c1-3-9-14-10-12-11-7-5-6-8-13(11)16(4-2)15-12/h1,5-8,14H,4,9-10H2,2H3. The lowest BCUT2D eigenvalue weighted by Gasteiger charge is -1.96. The molecule has 0 saturated heterocycles. The molecule has 3 heteroatoms. The fourth-order valence-corrected chi connectivity index (χ4v) is 1.82. The number of hydrogen-bond donors (Lipinski definition) is 1. The zero-order valence-electron chi connectivity index (χ0n) is 9.40. The van der Waals surface area contributed by atoms with E-state index in [2.05, 4.69) is 35.4 Å². The maximum Gasteiger partial charge on any atom is 0.0841 e. The van der Waals surface area contributed by atoms with Crippen molar-refractivity contribution in [3.63, 3.8) is 0 Å². The van der Waals surface area contributed by atoms with E-state index < -0.39 is 0 Å². The van der Waals surface area contributed by atoms with E-state index >= 15 is 0 Å². The van der Waals surface area contributed by atoms with Gasteiger partial charge >= 0.3 is 0 Å². The SMILES string of the molecule is C#CCNCc1nn(CC)c2ccccc12. The third-order valence-electron chi connectivity index (χ3n) is 2.55. The van der Waals surface area contributed by atoms with Gasteiger partial charge in [-0.1, -0.05) is 24.1 Å². The Labute approximate surface area is 95.5 Å². The molecule has 1 aromatic heterocycles. The second-order valence-electron chi connectivity index (χ2n) is 3.59. The summed E-state index contributed by atoms with van der Waals surface area (Å²) >= 11 is 0. The second kappa shape index (κ2) is 4.82. The molecule has 0 bridgehead atoms. The summed E-state index contributed by atoms with van der Waals surface area (Å²) in [7, 11) is 0. The van der Waals surface area contributed by atoms with Crippen molar-refractivity contribution in [2.45, 2.75) is 20.0 Å². The maximum absolute atomic E-state index is 5.20. The van der Waals surface area contributed by atoms with E-state index in [1.54, 1.807) is 0 Å². The molecule has 0 aliphatic carbocycles. The molecule has 2 rings (SSSR count). The number of para-hydroxylation sites is 1. The van der Waals surface area contributed by atoms with Crippen LogP contribution in [0.2, 0.25) is 0 Å². The Balaban J connectivity index is 2.34. The third-order valence-corrected chi connectivity index (χ3v) is 2.55. The van der Waals surface area contributed by atoms with Crippen molar-refractivity contribution in [2.75, 3.05) is 6.54 Å². The van der Waals surface area contributed by atoms with Gasteiger partial charge in [0.15, 0.2) is 0 Å². The minimum atomic E-state index is 0.577. The number of aryl methyl sites for hydroxylation is 1. The van der Waals surface area contributed by atoms with Crippen molar-refractivity contribution >= 4 is 10.9 Å². The molecule has 0 aliphatic heterocycles. The van der Waals surface area contributed by atoms with Gasteiger partial charge in [-0.15, -0.1) is 6.42 Å². The highest BCUT2D eigenvalue weighted by Gasteiger charge is 2.07. The molecule has 1 heterocycles. The lowest BCUT2D eigenvalue weighted by molar-refractivity contribution is 0.650. The van der Waals surface area contributed by atoms with Gasteiger partial charge in [0.1, 0.15) is 0 Å². The largest absolute Gasteiger partial charge is 0.300 e. The van der Waals surface area contributed by atoms with Crippen LogP contribution in [0.4, 0.5) is 0 Å². The second-order valence-corrected chi connectivity index (χ2v) is 3.59. The van der Waals surface area contributed by atoms with Gasteiger partial charge < -0.3 is 5.32 Å². The average Bonchev–Trinajstić information content (AvgIpc) is 2.68. The topological polar surface area (TPSA) is 29.9 Å². The normalized spacial score (nSPS) is 10.5. The first kappa shape index (κ1) is 10.7. The minimum absolute atomic E-state index is 0.577. The first-order chi connectivity index (χ1) is 7.86. The molecule has 0 amide bonds. The van der Waals surface area contributed by atoms with Crippen LogP contribution in [0.5, 0.6) is 0 Å². The molecule has 1 N–H and O–H groups in total. The van der Waals surface area contributed by atoms with Gasteiger partial charge in [-0.3, -0.25) is 4.68 Å². The monoisotopic (exact) mass is 213 g/mol.